The van der Waals surface area contributed by atoms with Crippen LogP contribution in [0.4, 0.5) is 0 Å². The lowest BCUT2D eigenvalue weighted by Gasteiger charge is -2.09. The Morgan fingerprint density at radius 3 is 1.75 bits per heavy atom. The zero-order valence-electron chi connectivity index (χ0n) is 6.57. The lowest BCUT2D eigenvalue weighted by molar-refractivity contribution is 0.889. The monoisotopic (exact) mass is 133 g/mol. The van der Waals surface area contributed by atoms with E-state index in [0.29, 0.717) is 0 Å². The third-order valence-corrected chi connectivity index (χ3v) is 2.84. The van der Waals surface area contributed by atoms with Gasteiger partial charge < -0.3 is 0 Å². The van der Waals surface area contributed by atoms with E-state index >= 15 is 0 Å². The van der Waals surface area contributed by atoms with Crippen molar-refractivity contribution in [1.82, 2.24) is 0 Å². The molecule has 0 amide bonds. The molecule has 0 aromatic carbocycles. The van der Waals surface area contributed by atoms with Crippen molar-refractivity contribution < 1.29 is 0 Å². The number of unbranched alkanes of at least 4 members (excludes halogenated alkanes) is 1. The van der Waals surface area contributed by atoms with E-state index < -0.39 is 7.26 Å². The van der Waals surface area contributed by atoms with Gasteiger partial charge in [0.2, 0.25) is 0 Å². The maximum Gasteiger partial charge on any atom is 0.0586 e. The van der Waals surface area contributed by atoms with E-state index in [9.17, 15) is 0 Å². The van der Waals surface area contributed by atoms with Crippen molar-refractivity contribution in [2.75, 3.05) is 26.2 Å². The quantitative estimate of drug-likeness (QED) is 0.519. The Labute approximate surface area is 54.0 Å². The normalized spacial score (nSPS) is 12.0. The molecular weight excluding hydrogens is 115 g/mol. The molecule has 1 heteroatoms. The van der Waals surface area contributed by atoms with Gasteiger partial charge >= 0.3 is 0 Å². The zero-order chi connectivity index (χ0) is 6.62. The molecule has 0 radical (unpaired) electrons. The highest BCUT2D eigenvalue weighted by atomic mass is 31.2. The summed E-state index contributed by atoms with van der Waals surface area (Å²) >= 11 is 0. The number of hydrogen-bond acceptors (Lipinski definition) is 0. The van der Waals surface area contributed by atoms with Crippen LogP contribution in [0.3, 0.4) is 0 Å². The summed E-state index contributed by atoms with van der Waals surface area (Å²) in [7, 11) is -0.432. The summed E-state index contributed by atoms with van der Waals surface area (Å²) in [5.74, 6) is 0. The molecule has 0 heterocycles. The zero-order valence-corrected chi connectivity index (χ0v) is 7.46. The summed E-state index contributed by atoms with van der Waals surface area (Å²) in [6.45, 7) is 9.48. The summed E-state index contributed by atoms with van der Waals surface area (Å²) in [5.41, 5.74) is 0. The molecule has 0 nitrogen and oxygen atoms in total. The van der Waals surface area contributed by atoms with Gasteiger partial charge in [0.1, 0.15) is 0 Å². The van der Waals surface area contributed by atoms with Crippen LogP contribution in [0.15, 0.2) is 0 Å². The van der Waals surface area contributed by atoms with E-state index in [1.54, 1.807) is 0 Å². The molecule has 0 spiro atoms. The Hall–Kier alpha value is 0.430. The summed E-state index contributed by atoms with van der Waals surface area (Å²) in [5, 5.41) is 0. The first-order chi connectivity index (χ1) is 3.56. The number of hydrogen-bond donors (Lipinski definition) is 0. The summed E-state index contributed by atoms with van der Waals surface area (Å²) in [6, 6.07) is 0. The Kier molecular flexibility index (Phi) is 3.64. The molecule has 0 rings (SSSR count). The Morgan fingerprint density at radius 2 is 1.62 bits per heavy atom. The van der Waals surface area contributed by atoms with Gasteiger partial charge in [-0.2, -0.15) is 0 Å². The van der Waals surface area contributed by atoms with E-state index in [4.69, 9.17) is 0 Å². The molecule has 0 N–H and O–H groups in total. The van der Waals surface area contributed by atoms with Crippen molar-refractivity contribution in [1.29, 1.82) is 0 Å². The van der Waals surface area contributed by atoms with Crippen LogP contribution >= 0.6 is 7.26 Å². The molecule has 0 aromatic heterocycles. The molecular formula is C7H18P+. The largest absolute Gasteiger partial charge is 0.0652 e. The van der Waals surface area contributed by atoms with Crippen LogP contribution < -0.4 is 0 Å². The minimum Gasteiger partial charge on any atom is -0.0652 e. The van der Waals surface area contributed by atoms with Crippen molar-refractivity contribution >= 4 is 7.26 Å². The third-order valence-electron chi connectivity index (χ3n) is 1.18. The molecule has 0 fully saturated rings. The fraction of sp³-hybridized carbons (Fsp3) is 1.00. The van der Waals surface area contributed by atoms with Gasteiger partial charge in [-0.05, 0) is 6.42 Å². The maximum absolute atomic E-state index is 2.41. The summed E-state index contributed by atoms with van der Waals surface area (Å²) in [4.78, 5) is 0. The first kappa shape index (κ1) is 8.43. The van der Waals surface area contributed by atoms with Crippen molar-refractivity contribution in [3.8, 4) is 0 Å². The van der Waals surface area contributed by atoms with Crippen LogP contribution in [0.2, 0.25) is 0 Å². The van der Waals surface area contributed by atoms with Crippen LogP contribution in [0.1, 0.15) is 19.8 Å². The second kappa shape index (κ2) is 3.45. The SMILES string of the molecule is CCCC[P+](C)(C)C. The van der Waals surface area contributed by atoms with E-state index in [0.717, 1.165) is 0 Å². The van der Waals surface area contributed by atoms with E-state index in [1.807, 2.05) is 0 Å². The van der Waals surface area contributed by atoms with Gasteiger partial charge in [-0.3, -0.25) is 0 Å². The highest BCUT2D eigenvalue weighted by Gasteiger charge is 2.14. The highest BCUT2D eigenvalue weighted by Crippen LogP contribution is 2.46. The third kappa shape index (κ3) is 6.43. The predicted molar refractivity (Wildman–Crippen MR) is 44.5 cm³/mol. The van der Waals surface area contributed by atoms with E-state index in [1.165, 1.54) is 19.0 Å². The van der Waals surface area contributed by atoms with Gasteiger partial charge in [0.05, 0.1) is 6.16 Å². The van der Waals surface area contributed by atoms with Crippen LogP contribution in [0.5, 0.6) is 0 Å². The fourth-order valence-corrected chi connectivity index (χ4v) is 1.90. The van der Waals surface area contributed by atoms with Gasteiger partial charge in [-0.25, -0.2) is 0 Å². The molecule has 0 unspecified atom stereocenters. The topological polar surface area (TPSA) is 0 Å². The Bertz CT molecular complexity index is 51.9. The first-order valence-corrected chi connectivity index (χ1v) is 6.68. The summed E-state index contributed by atoms with van der Waals surface area (Å²) in [6.07, 6.45) is 4.26. The van der Waals surface area contributed by atoms with Gasteiger partial charge in [0, 0.05) is 27.3 Å². The Balaban J connectivity index is 3.11. The van der Waals surface area contributed by atoms with Crippen molar-refractivity contribution in [3.63, 3.8) is 0 Å². The fourth-order valence-electron chi connectivity index (χ4n) is 0.632. The average Bonchev–Trinajstić information content (AvgIpc) is 1.59. The molecule has 0 saturated heterocycles. The van der Waals surface area contributed by atoms with Gasteiger partial charge in [0.25, 0.3) is 0 Å². The molecule has 0 saturated carbocycles. The first-order valence-electron chi connectivity index (χ1n) is 3.36. The van der Waals surface area contributed by atoms with Gasteiger partial charge in [-0.15, -0.1) is 0 Å². The van der Waals surface area contributed by atoms with Crippen molar-refractivity contribution in [2.24, 2.45) is 0 Å². The average molecular weight is 133 g/mol. The lowest BCUT2D eigenvalue weighted by Crippen LogP contribution is -1.90. The molecule has 0 aromatic rings. The number of rotatable bonds is 3. The van der Waals surface area contributed by atoms with E-state index in [2.05, 4.69) is 26.9 Å². The maximum atomic E-state index is 2.41. The smallest absolute Gasteiger partial charge is 0.0586 e. The standard InChI is InChI=1S/C7H18P/c1-5-6-7-8(2,3)4/h5-7H2,1-4H3/q+1. The second-order valence-corrected chi connectivity index (χ2v) is 8.40. The Morgan fingerprint density at radius 1 is 1.12 bits per heavy atom. The van der Waals surface area contributed by atoms with Crippen molar-refractivity contribution in [3.05, 3.63) is 0 Å². The molecule has 0 bridgehead atoms. The minimum atomic E-state index is -0.432. The van der Waals surface area contributed by atoms with Gasteiger partial charge in [0.15, 0.2) is 0 Å². The molecule has 0 atom stereocenters. The van der Waals surface area contributed by atoms with Crippen LogP contribution in [0.25, 0.3) is 0 Å². The summed E-state index contributed by atoms with van der Waals surface area (Å²) < 4.78 is 0. The minimum absolute atomic E-state index is 0.432. The second-order valence-electron chi connectivity index (χ2n) is 3.37. The van der Waals surface area contributed by atoms with Crippen LogP contribution in [-0.2, 0) is 0 Å². The van der Waals surface area contributed by atoms with Crippen LogP contribution in [-0.4, -0.2) is 26.2 Å². The van der Waals surface area contributed by atoms with E-state index in [-0.39, 0.29) is 0 Å². The molecule has 8 heavy (non-hydrogen) atoms. The highest BCUT2D eigenvalue weighted by molar-refractivity contribution is 7.73. The molecule has 0 aliphatic heterocycles. The van der Waals surface area contributed by atoms with Crippen LogP contribution in [0, 0.1) is 0 Å². The molecule has 50 valence electrons. The van der Waals surface area contributed by atoms with Gasteiger partial charge in [-0.1, -0.05) is 13.3 Å². The molecule has 0 aliphatic rings. The van der Waals surface area contributed by atoms with Crippen molar-refractivity contribution in [2.45, 2.75) is 19.8 Å². The predicted octanol–water partition coefficient (Wildman–Crippen LogP) is 2.69. The molecule has 0 aliphatic carbocycles. The lowest BCUT2D eigenvalue weighted by atomic mass is 10.4.